The van der Waals surface area contributed by atoms with Crippen LogP contribution in [0.4, 0.5) is 0 Å². The highest BCUT2D eigenvalue weighted by Crippen LogP contribution is 2.29. The van der Waals surface area contributed by atoms with E-state index in [1.165, 1.54) is 27.7 Å². The Balaban J connectivity index is 0.00000128. The van der Waals surface area contributed by atoms with Crippen molar-refractivity contribution in [3.8, 4) is 0 Å². The van der Waals surface area contributed by atoms with Gasteiger partial charge >= 0.3 is 0 Å². The van der Waals surface area contributed by atoms with Gasteiger partial charge in [0.25, 0.3) is 0 Å². The van der Waals surface area contributed by atoms with Gasteiger partial charge in [0.15, 0.2) is 0 Å². The molecule has 2 nitrogen and oxygen atoms in total. The molecule has 0 aliphatic rings. The van der Waals surface area contributed by atoms with Crippen molar-refractivity contribution in [3.05, 3.63) is 33.4 Å². The van der Waals surface area contributed by atoms with Crippen LogP contribution in [0.15, 0.2) is 16.6 Å². The fourth-order valence-electron chi connectivity index (χ4n) is 2.04. The molecule has 0 radical (unpaired) electrons. The van der Waals surface area contributed by atoms with Gasteiger partial charge in [0.05, 0.1) is 5.52 Å². The molecule has 0 saturated heterocycles. The van der Waals surface area contributed by atoms with Gasteiger partial charge in [-0.25, -0.2) is 0 Å². The minimum absolute atomic E-state index is 0. The first-order valence-electron chi connectivity index (χ1n) is 5.11. The summed E-state index contributed by atoms with van der Waals surface area (Å²) in [6, 6.07) is 4.35. The van der Waals surface area contributed by atoms with Crippen molar-refractivity contribution in [3.63, 3.8) is 0 Å². The van der Waals surface area contributed by atoms with Gasteiger partial charge in [0.1, 0.15) is 0 Å². The summed E-state index contributed by atoms with van der Waals surface area (Å²) in [5.41, 5.74) is 10.7. The van der Waals surface area contributed by atoms with Gasteiger partial charge in [-0.1, -0.05) is 0 Å². The molecule has 0 fully saturated rings. The summed E-state index contributed by atoms with van der Waals surface area (Å²) >= 11 is 3.58. The Hall–Kier alpha value is -0.510. The van der Waals surface area contributed by atoms with Crippen LogP contribution in [0.3, 0.4) is 0 Å². The smallest absolute Gasteiger partial charge is 0.0603 e. The molecular formula is C12H16BrClN2. The van der Waals surface area contributed by atoms with E-state index in [-0.39, 0.29) is 12.4 Å². The SMILES string of the molecule is Cc1cc(Br)c2[nH]c(C)c(CCN)c2c1.Cl. The normalized spacial score (nSPS) is 10.5. The third-order valence-electron chi connectivity index (χ3n) is 2.72. The summed E-state index contributed by atoms with van der Waals surface area (Å²) in [6.07, 6.45) is 0.932. The van der Waals surface area contributed by atoms with Gasteiger partial charge in [-0.15, -0.1) is 12.4 Å². The van der Waals surface area contributed by atoms with Gasteiger partial charge in [-0.3, -0.25) is 0 Å². The van der Waals surface area contributed by atoms with Crippen LogP contribution >= 0.6 is 28.3 Å². The number of hydrogen-bond acceptors (Lipinski definition) is 1. The van der Waals surface area contributed by atoms with E-state index in [9.17, 15) is 0 Å². The zero-order valence-corrected chi connectivity index (χ0v) is 11.8. The Bertz CT molecular complexity index is 505. The fourth-order valence-corrected chi connectivity index (χ4v) is 2.71. The first-order chi connectivity index (χ1) is 7.13. The molecule has 2 aromatic rings. The van der Waals surface area contributed by atoms with Gasteiger partial charge in [0, 0.05) is 15.6 Å². The monoisotopic (exact) mass is 302 g/mol. The van der Waals surface area contributed by atoms with Crippen LogP contribution in [0, 0.1) is 13.8 Å². The standard InChI is InChI=1S/C12H15BrN2.ClH/c1-7-5-10-9(3-4-14)8(2)15-12(10)11(13)6-7;/h5-6,15H,3-4,14H2,1-2H3;1H. The summed E-state index contributed by atoms with van der Waals surface area (Å²) in [7, 11) is 0. The molecule has 0 atom stereocenters. The lowest BCUT2D eigenvalue weighted by Crippen LogP contribution is -2.03. The maximum Gasteiger partial charge on any atom is 0.0603 e. The number of H-pyrrole nitrogens is 1. The number of fused-ring (bicyclic) bond motifs is 1. The highest BCUT2D eigenvalue weighted by molar-refractivity contribution is 9.10. The van der Waals surface area contributed by atoms with E-state index < -0.39 is 0 Å². The molecule has 1 aromatic heterocycles. The van der Waals surface area contributed by atoms with Gasteiger partial charge < -0.3 is 10.7 Å². The predicted octanol–water partition coefficient (Wildman–Crippen LogP) is 3.47. The second-order valence-electron chi connectivity index (χ2n) is 3.94. The Kier molecular flexibility index (Phi) is 4.42. The molecule has 0 bridgehead atoms. The molecule has 4 heteroatoms. The lowest BCUT2D eigenvalue weighted by atomic mass is 10.1. The topological polar surface area (TPSA) is 41.8 Å². The number of rotatable bonds is 2. The summed E-state index contributed by atoms with van der Waals surface area (Å²) < 4.78 is 1.13. The lowest BCUT2D eigenvalue weighted by molar-refractivity contribution is 0.963. The van der Waals surface area contributed by atoms with Crippen molar-refractivity contribution in [1.29, 1.82) is 0 Å². The van der Waals surface area contributed by atoms with E-state index in [4.69, 9.17) is 5.73 Å². The van der Waals surface area contributed by atoms with Crippen LogP contribution in [-0.4, -0.2) is 11.5 Å². The molecule has 0 aliphatic heterocycles. The number of aryl methyl sites for hydroxylation is 2. The van der Waals surface area contributed by atoms with E-state index in [0.29, 0.717) is 6.54 Å². The zero-order valence-electron chi connectivity index (χ0n) is 9.43. The molecule has 2 rings (SSSR count). The Morgan fingerprint density at radius 3 is 2.62 bits per heavy atom. The first kappa shape index (κ1) is 13.6. The van der Waals surface area contributed by atoms with Crippen LogP contribution in [0.1, 0.15) is 16.8 Å². The third-order valence-corrected chi connectivity index (χ3v) is 3.34. The zero-order chi connectivity index (χ0) is 11.0. The summed E-state index contributed by atoms with van der Waals surface area (Å²) in [5.74, 6) is 0. The average molecular weight is 304 g/mol. The maximum absolute atomic E-state index is 5.63. The molecule has 0 saturated carbocycles. The van der Waals surface area contributed by atoms with Crippen molar-refractivity contribution in [2.75, 3.05) is 6.54 Å². The van der Waals surface area contributed by atoms with Crippen molar-refractivity contribution in [2.24, 2.45) is 5.73 Å². The minimum atomic E-state index is 0. The van der Waals surface area contributed by atoms with Crippen molar-refractivity contribution in [2.45, 2.75) is 20.3 Å². The van der Waals surface area contributed by atoms with Crippen LogP contribution in [0.5, 0.6) is 0 Å². The quantitative estimate of drug-likeness (QED) is 0.876. The second kappa shape index (κ2) is 5.21. The van der Waals surface area contributed by atoms with Crippen molar-refractivity contribution < 1.29 is 0 Å². The number of aromatic amines is 1. The fraction of sp³-hybridized carbons (Fsp3) is 0.333. The highest BCUT2D eigenvalue weighted by Gasteiger charge is 2.10. The molecule has 0 spiro atoms. The Morgan fingerprint density at radius 2 is 2.00 bits per heavy atom. The third kappa shape index (κ3) is 2.26. The lowest BCUT2D eigenvalue weighted by Gasteiger charge is -2.00. The summed E-state index contributed by atoms with van der Waals surface area (Å²) in [5, 5.41) is 1.30. The molecule has 0 aliphatic carbocycles. The highest BCUT2D eigenvalue weighted by atomic mass is 79.9. The predicted molar refractivity (Wildman–Crippen MR) is 75.5 cm³/mol. The van der Waals surface area contributed by atoms with E-state index in [1.54, 1.807) is 0 Å². The van der Waals surface area contributed by atoms with Crippen LogP contribution < -0.4 is 5.73 Å². The van der Waals surface area contributed by atoms with Gasteiger partial charge in [-0.05, 0) is 66.0 Å². The number of nitrogens with two attached hydrogens (primary N) is 1. The van der Waals surface area contributed by atoms with Gasteiger partial charge in [0.2, 0.25) is 0 Å². The molecular weight excluding hydrogens is 288 g/mol. The van der Waals surface area contributed by atoms with Crippen molar-refractivity contribution >= 4 is 39.2 Å². The van der Waals surface area contributed by atoms with Crippen LogP contribution in [-0.2, 0) is 6.42 Å². The number of halogens is 2. The van der Waals surface area contributed by atoms with Crippen molar-refractivity contribution in [1.82, 2.24) is 4.98 Å². The Labute approximate surface area is 110 Å². The van der Waals surface area contributed by atoms with E-state index in [2.05, 4.69) is 46.9 Å². The molecule has 1 heterocycles. The summed E-state index contributed by atoms with van der Waals surface area (Å²) in [6.45, 7) is 4.91. The molecule has 0 amide bonds. The number of aromatic nitrogens is 1. The van der Waals surface area contributed by atoms with E-state index in [1.807, 2.05) is 0 Å². The molecule has 1 aromatic carbocycles. The van der Waals surface area contributed by atoms with Crippen LogP contribution in [0.25, 0.3) is 10.9 Å². The molecule has 0 unspecified atom stereocenters. The molecule has 16 heavy (non-hydrogen) atoms. The van der Waals surface area contributed by atoms with Crippen LogP contribution in [0.2, 0.25) is 0 Å². The summed E-state index contributed by atoms with van der Waals surface area (Å²) in [4.78, 5) is 3.40. The minimum Gasteiger partial charge on any atom is -0.357 e. The number of hydrogen-bond donors (Lipinski definition) is 2. The molecule has 88 valence electrons. The first-order valence-corrected chi connectivity index (χ1v) is 5.90. The number of benzene rings is 1. The largest absolute Gasteiger partial charge is 0.357 e. The number of nitrogens with one attached hydrogen (secondary N) is 1. The maximum atomic E-state index is 5.63. The molecule has 3 N–H and O–H groups in total. The van der Waals surface area contributed by atoms with E-state index >= 15 is 0 Å². The van der Waals surface area contributed by atoms with E-state index in [0.717, 1.165) is 10.9 Å². The Morgan fingerprint density at radius 1 is 1.31 bits per heavy atom. The van der Waals surface area contributed by atoms with Gasteiger partial charge in [-0.2, -0.15) is 0 Å². The second-order valence-corrected chi connectivity index (χ2v) is 4.79. The average Bonchev–Trinajstić information content (AvgIpc) is 2.46.